The number of carbonyl (C=O) groups excluding carboxylic acids is 3. The van der Waals surface area contributed by atoms with Gasteiger partial charge in [-0.3, -0.25) is 14.4 Å². The Hall–Kier alpha value is -2.09. The maximum absolute atomic E-state index is 13.4. The summed E-state index contributed by atoms with van der Waals surface area (Å²) in [5, 5.41) is 0. The molecule has 12 nitrogen and oxygen atoms in total. The Balaban J connectivity index is 5.62. The summed E-state index contributed by atoms with van der Waals surface area (Å²) in [6, 6.07) is 0. The van der Waals surface area contributed by atoms with Crippen molar-refractivity contribution < 1.29 is 57.0 Å². The van der Waals surface area contributed by atoms with Crippen molar-refractivity contribution in [3.63, 3.8) is 0 Å². The summed E-state index contributed by atoms with van der Waals surface area (Å²) in [4.78, 5) is 38.9. The molecule has 0 bridgehead atoms. The number of carbonyl (C=O) groups is 3. The summed E-state index contributed by atoms with van der Waals surface area (Å²) in [6.45, 7) is 8.85. The van der Waals surface area contributed by atoms with E-state index in [4.69, 9.17) is 42.6 Å². The normalized spacial score (nSPS) is 15.2. The molecule has 0 heterocycles. The third-order valence-electron chi connectivity index (χ3n) is 8.32. The first-order valence-electron chi connectivity index (χ1n) is 16.0. The number of esters is 3. The molecule has 0 aromatic heterocycles. The van der Waals surface area contributed by atoms with Gasteiger partial charge in [-0.05, 0) is 32.1 Å². The van der Waals surface area contributed by atoms with Crippen LogP contribution in [0.1, 0.15) is 65.7 Å². The molecule has 0 rings (SSSR count). The SMILES string of the molecule is CCC(CCOC)(COC)COC(=O)CC(C/C=C/CC(=O)OCC(C)(COC)COC)C(=O)OCC(CC)(CCOC)COC. The van der Waals surface area contributed by atoms with Crippen LogP contribution in [0.15, 0.2) is 12.2 Å². The molecule has 0 radical (unpaired) electrons. The maximum atomic E-state index is 13.4. The number of ether oxygens (including phenoxy) is 9. The van der Waals surface area contributed by atoms with E-state index < -0.39 is 40.1 Å². The molecule has 0 aliphatic rings. The van der Waals surface area contributed by atoms with E-state index in [0.29, 0.717) is 58.9 Å². The molecular formula is C34H62O12. The first-order chi connectivity index (χ1) is 22.0. The van der Waals surface area contributed by atoms with Crippen LogP contribution in [0.25, 0.3) is 0 Å². The molecule has 270 valence electrons. The van der Waals surface area contributed by atoms with Gasteiger partial charge in [0.15, 0.2) is 0 Å². The summed E-state index contributed by atoms with van der Waals surface area (Å²) >= 11 is 0. The van der Waals surface area contributed by atoms with Gasteiger partial charge in [0.2, 0.25) is 0 Å². The predicted octanol–water partition coefficient (Wildman–Crippen LogP) is 4.42. The molecule has 0 fully saturated rings. The fourth-order valence-electron chi connectivity index (χ4n) is 5.06. The zero-order chi connectivity index (χ0) is 34.9. The Morgan fingerprint density at radius 1 is 0.587 bits per heavy atom. The molecule has 0 saturated carbocycles. The third kappa shape index (κ3) is 17.7. The smallest absolute Gasteiger partial charge is 0.309 e. The van der Waals surface area contributed by atoms with Gasteiger partial charge < -0.3 is 42.6 Å². The molecule has 12 heteroatoms. The van der Waals surface area contributed by atoms with Crippen LogP contribution < -0.4 is 0 Å². The summed E-state index contributed by atoms with van der Waals surface area (Å²) < 4.78 is 48.8. The average molecular weight is 663 g/mol. The number of hydrogen-bond donors (Lipinski definition) is 0. The summed E-state index contributed by atoms with van der Waals surface area (Å²) in [5.41, 5.74) is -1.30. The molecular weight excluding hydrogens is 600 g/mol. The van der Waals surface area contributed by atoms with Crippen LogP contribution in [-0.2, 0) is 57.0 Å². The van der Waals surface area contributed by atoms with Gasteiger partial charge in [-0.15, -0.1) is 0 Å². The summed E-state index contributed by atoms with van der Waals surface area (Å²) in [6.07, 6.45) is 6.04. The minimum absolute atomic E-state index is 0.00159. The summed E-state index contributed by atoms with van der Waals surface area (Å²) in [5.74, 6) is -2.29. The lowest BCUT2D eigenvalue weighted by Gasteiger charge is -2.32. The van der Waals surface area contributed by atoms with Crippen molar-refractivity contribution in [3.05, 3.63) is 12.2 Å². The second-order valence-corrected chi connectivity index (χ2v) is 12.5. The van der Waals surface area contributed by atoms with Crippen molar-refractivity contribution in [2.24, 2.45) is 22.2 Å². The standard InChI is InChI=1S/C34H62O12/c1-10-33(24-42-8,16-18-38-4)26-45-30(36)20-28(31(37)46-27-34(11-2,25-43-9)17-19-39-5)14-12-13-15-29(35)44-23-32(3,21-40-6)22-41-7/h12-13,28H,10-11,14-27H2,1-9H3/b13-12+. The Labute approximate surface area is 277 Å². The van der Waals surface area contributed by atoms with Gasteiger partial charge >= 0.3 is 17.9 Å². The molecule has 0 N–H and O–H groups in total. The van der Waals surface area contributed by atoms with Crippen molar-refractivity contribution in [1.29, 1.82) is 0 Å². The minimum Gasteiger partial charge on any atom is -0.465 e. The van der Waals surface area contributed by atoms with Crippen molar-refractivity contribution in [1.82, 2.24) is 0 Å². The fourth-order valence-corrected chi connectivity index (χ4v) is 5.06. The zero-order valence-electron chi connectivity index (χ0n) is 29.9. The Bertz CT molecular complexity index is 857. The molecule has 0 aliphatic carbocycles. The highest BCUT2D eigenvalue weighted by Crippen LogP contribution is 2.30. The highest BCUT2D eigenvalue weighted by Gasteiger charge is 2.34. The average Bonchev–Trinajstić information content (AvgIpc) is 3.04. The maximum Gasteiger partial charge on any atom is 0.309 e. The van der Waals surface area contributed by atoms with E-state index in [-0.39, 0.29) is 39.1 Å². The monoisotopic (exact) mass is 662 g/mol. The van der Waals surface area contributed by atoms with Gasteiger partial charge in [-0.25, -0.2) is 0 Å². The van der Waals surface area contributed by atoms with E-state index in [2.05, 4.69) is 0 Å². The highest BCUT2D eigenvalue weighted by molar-refractivity contribution is 5.80. The molecule has 3 unspecified atom stereocenters. The number of allylic oxidation sites excluding steroid dienone is 1. The van der Waals surface area contributed by atoms with E-state index in [1.165, 1.54) is 0 Å². The molecule has 0 spiro atoms. The van der Waals surface area contributed by atoms with Crippen molar-refractivity contribution in [3.8, 4) is 0 Å². The second kappa shape index (κ2) is 25.0. The molecule has 0 amide bonds. The Morgan fingerprint density at radius 3 is 1.52 bits per heavy atom. The molecule has 0 aromatic rings. The van der Waals surface area contributed by atoms with E-state index in [1.807, 2.05) is 20.8 Å². The van der Waals surface area contributed by atoms with E-state index >= 15 is 0 Å². The van der Waals surface area contributed by atoms with Crippen LogP contribution in [0.3, 0.4) is 0 Å². The Kier molecular flexibility index (Phi) is 23.9. The largest absolute Gasteiger partial charge is 0.465 e. The van der Waals surface area contributed by atoms with Crippen molar-refractivity contribution >= 4 is 17.9 Å². The van der Waals surface area contributed by atoms with Gasteiger partial charge in [0.1, 0.15) is 6.61 Å². The lowest BCUT2D eigenvalue weighted by atomic mass is 9.83. The predicted molar refractivity (Wildman–Crippen MR) is 173 cm³/mol. The fraction of sp³-hybridized carbons (Fsp3) is 0.853. The van der Waals surface area contributed by atoms with Crippen molar-refractivity contribution in [2.75, 3.05) is 102 Å². The Morgan fingerprint density at radius 2 is 1.07 bits per heavy atom. The van der Waals surface area contributed by atoms with E-state index in [0.717, 1.165) is 6.42 Å². The van der Waals surface area contributed by atoms with Crippen LogP contribution in [0, 0.1) is 22.2 Å². The van der Waals surface area contributed by atoms with Crippen LogP contribution in [0.4, 0.5) is 0 Å². The van der Waals surface area contributed by atoms with Gasteiger partial charge in [0.05, 0.1) is 58.4 Å². The number of hydrogen-bond acceptors (Lipinski definition) is 12. The van der Waals surface area contributed by atoms with Gasteiger partial charge in [-0.2, -0.15) is 0 Å². The zero-order valence-corrected chi connectivity index (χ0v) is 29.9. The second-order valence-electron chi connectivity index (χ2n) is 12.5. The lowest BCUT2D eigenvalue weighted by Crippen LogP contribution is -2.36. The van der Waals surface area contributed by atoms with Crippen molar-refractivity contribution in [2.45, 2.75) is 65.7 Å². The van der Waals surface area contributed by atoms with Gasteiger partial charge in [-0.1, -0.05) is 32.9 Å². The first-order valence-corrected chi connectivity index (χ1v) is 16.0. The van der Waals surface area contributed by atoms with E-state index in [1.54, 1.807) is 54.8 Å². The summed E-state index contributed by atoms with van der Waals surface area (Å²) in [7, 11) is 9.62. The van der Waals surface area contributed by atoms with Crippen LogP contribution in [0.2, 0.25) is 0 Å². The van der Waals surface area contributed by atoms with Gasteiger partial charge in [0.25, 0.3) is 0 Å². The molecule has 0 aliphatic heterocycles. The molecule has 0 aromatic carbocycles. The number of methoxy groups -OCH3 is 6. The topological polar surface area (TPSA) is 134 Å². The number of rotatable bonds is 29. The quantitative estimate of drug-likeness (QED) is 0.0638. The molecule has 0 saturated heterocycles. The van der Waals surface area contributed by atoms with Gasteiger partial charge in [0, 0.05) is 72.1 Å². The minimum atomic E-state index is -0.816. The lowest BCUT2D eigenvalue weighted by molar-refractivity contribution is -0.161. The highest BCUT2D eigenvalue weighted by atomic mass is 16.6. The third-order valence-corrected chi connectivity index (χ3v) is 8.32. The molecule has 3 atom stereocenters. The van der Waals surface area contributed by atoms with E-state index in [9.17, 15) is 14.4 Å². The molecule has 46 heavy (non-hydrogen) atoms. The first kappa shape index (κ1) is 43.9. The van der Waals surface area contributed by atoms with Crippen LogP contribution in [-0.4, -0.2) is 120 Å². The van der Waals surface area contributed by atoms with Crippen LogP contribution >= 0.6 is 0 Å². The van der Waals surface area contributed by atoms with Crippen LogP contribution in [0.5, 0.6) is 0 Å².